The molecule has 0 aromatic heterocycles. The third kappa shape index (κ3) is 7.23. The fourth-order valence-electron chi connectivity index (χ4n) is 2.19. The Morgan fingerprint density at radius 2 is 1.84 bits per heavy atom. The minimum absolute atomic E-state index is 0.0502. The highest BCUT2D eigenvalue weighted by Gasteiger charge is 2.34. The SMILES string of the molecule is COc1ccc([N+](=O)[O-])cc1NC(=S)N[C@H](NSc1ccccc1[N+](=O)[O-])C(Cl)(Cl)Cl. The number of nitro benzene ring substituents is 2. The average Bonchev–Trinajstić information content (AvgIpc) is 2.70. The van der Waals surface area contributed by atoms with E-state index < -0.39 is 19.8 Å². The predicted octanol–water partition coefficient (Wildman–Crippen LogP) is 4.79. The molecule has 0 heterocycles. The lowest BCUT2D eigenvalue weighted by Crippen LogP contribution is -2.52. The summed E-state index contributed by atoms with van der Waals surface area (Å²) in [6.07, 6.45) is -1.10. The number of non-ortho nitro benzene ring substituents is 1. The van der Waals surface area contributed by atoms with E-state index in [9.17, 15) is 20.2 Å². The zero-order valence-electron chi connectivity index (χ0n) is 15.5. The van der Waals surface area contributed by atoms with Crippen molar-refractivity contribution in [3.8, 4) is 5.75 Å². The van der Waals surface area contributed by atoms with E-state index in [1.54, 1.807) is 6.07 Å². The first-order chi connectivity index (χ1) is 14.5. The fraction of sp³-hybridized carbons (Fsp3) is 0.188. The second-order valence-electron chi connectivity index (χ2n) is 5.66. The number of methoxy groups -OCH3 is 1. The molecule has 0 unspecified atom stereocenters. The number of nitrogens with one attached hydrogen (secondary N) is 3. The number of alkyl halides is 3. The number of benzene rings is 2. The zero-order valence-corrected chi connectivity index (χ0v) is 19.4. The van der Waals surface area contributed by atoms with Gasteiger partial charge >= 0.3 is 0 Å². The van der Waals surface area contributed by atoms with E-state index in [0.717, 1.165) is 11.9 Å². The van der Waals surface area contributed by atoms with E-state index >= 15 is 0 Å². The molecule has 0 aliphatic heterocycles. The lowest BCUT2D eigenvalue weighted by molar-refractivity contribution is -0.387. The molecule has 2 rings (SSSR count). The van der Waals surface area contributed by atoms with Crippen LogP contribution in [0.5, 0.6) is 5.75 Å². The number of halogens is 3. The third-order valence-electron chi connectivity index (χ3n) is 3.59. The summed E-state index contributed by atoms with van der Waals surface area (Å²) >= 11 is 24.1. The van der Waals surface area contributed by atoms with Crippen LogP contribution in [0.2, 0.25) is 0 Å². The molecule has 15 heteroatoms. The van der Waals surface area contributed by atoms with Gasteiger partial charge in [0.25, 0.3) is 11.4 Å². The van der Waals surface area contributed by atoms with Gasteiger partial charge in [-0.3, -0.25) is 20.2 Å². The molecule has 0 fully saturated rings. The van der Waals surface area contributed by atoms with Crippen molar-refractivity contribution in [1.29, 1.82) is 0 Å². The van der Waals surface area contributed by atoms with Crippen molar-refractivity contribution >= 4 is 81.1 Å². The van der Waals surface area contributed by atoms with Gasteiger partial charge in [-0.1, -0.05) is 46.9 Å². The van der Waals surface area contributed by atoms with E-state index in [0.29, 0.717) is 5.75 Å². The quantitative estimate of drug-likeness (QED) is 0.110. The molecular weight excluding hydrogens is 513 g/mol. The van der Waals surface area contributed by atoms with Crippen LogP contribution in [-0.2, 0) is 0 Å². The first-order valence-electron chi connectivity index (χ1n) is 8.15. The van der Waals surface area contributed by atoms with Crippen molar-refractivity contribution in [3.63, 3.8) is 0 Å². The third-order valence-corrected chi connectivity index (χ3v) is 5.39. The minimum atomic E-state index is -1.92. The van der Waals surface area contributed by atoms with Gasteiger partial charge in [-0.05, 0) is 36.3 Å². The molecule has 0 aliphatic rings. The molecule has 0 saturated heterocycles. The van der Waals surface area contributed by atoms with Crippen molar-refractivity contribution in [2.75, 3.05) is 12.4 Å². The molecule has 0 bridgehead atoms. The number of nitrogens with zero attached hydrogens (tertiary/aromatic N) is 2. The number of nitro groups is 2. The second-order valence-corrected chi connectivity index (χ2v) is 9.32. The Bertz CT molecular complexity index is 992. The lowest BCUT2D eigenvalue weighted by atomic mass is 10.2. The molecule has 166 valence electrons. The Balaban J connectivity index is 2.15. The van der Waals surface area contributed by atoms with Crippen LogP contribution >= 0.6 is 59.0 Å². The van der Waals surface area contributed by atoms with Crippen molar-refractivity contribution in [3.05, 3.63) is 62.7 Å². The summed E-state index contributed by atoms with van der Waals surface area (Å²) in [6.45, 7) is 0. The molecule has 3 N–H and O–H groups in total. The molecule has 1 atom stereocenters. The monoisotopic (exact) mass is 525 g/mol. The number of ether oxygens (including phenoxy) is 1. The first kappa shape index (κ1) is 25.2. The molecule has 31 heavy (non-hydrogen) atoms. The fourth-order valence-corrected chi connectivity index (χ4v) is 3.82. The molecule has 2 aromatic rings. The van der Waals surface area contributed by atoms with E-state index in [1.807, 2.05) is 0 Å². The highest BCUT2D eigenvalue weighted by atomic mass is 35.6. The molecule has 0 amide bonds. The van der Waals surface area contributed by atoms with E-state index in [4.69, 9.17) is 51.8 Å². The second kappa shape index (κ2) is 11.0. The Hall–Kier alpha value is -2.09. The maximum Gasteiger partial charge on any atom is 0.284 e. The summed E-state index contributed by atoms with van der Waals surface area (Å²) in [6, 6.07) is 9.91. The van der Waals surface area contributed by atoms with Crippen LogP contribution in [0.15, 0.2) is 47.4 Å². The molecule has 0 saturated carbocycles. The Morgan fingerprint density at radius 1 is 1.16 bits per heavy atom. The van der Waals surface area contributed by atoms with Crippen molar-refractivity contribution in [2.24, 2.45) is 0 Å². The zero-order chi connectivity index (χ0) is 23.2. The summed E-state index contributed by atoms with van der Waals surface area (Å²) in [5, 5.41) is 27.6. The van der Waals surface area contributed by atoms with Gasteiger partial charge in [-0.15, -0.1) is 0 Å². The number of rotatable bonds is 8. The highest BCUT2D eigenvalue weighted by molar-refractivity contribution is 7.97. The lowest BCUT2D eigenvalue weighted by Gasteiger charge is -2.27. The molecule has 2 aromatic carbocycles. The number of hydrogen-bond donors (Lipinski definition) is 3. The maximum absolute atomic E-state index is 11.2. The van der Waals surface area contributed by atoms with Gasteiger partial charge in [0.1, 0.15) is 16.8 Å². The van der Waals surface area contributed by atoms with Gasteiger partial charge in [-0.25, -0.2) is 4.72 Å². The number of hydrogen-bond acceptors (Lipinski definition) is 8. The standard InChI is InChI=1S/C16H14Cl3N5O5S2/c1-29-12-7-6-9(23(25)26)8-10(12)20-15(30)21-14(16(17,18)19)22-31-13-5-3-2-4-11(13)24(27)28/h2-8,14,22H,1H3,(H2,20,21,30)/t14-/m1/s1. The summed E-state index contributed by atoms with van der Waals surface area (Å²) in [7, 11) is 1.39. The summed E-state index contributed by atoms with van der Waals surface area (Å²) < 4.78 is 6.02. The van der Waals surface area contributed by atoms with E-state index in [1.165, 1.54) is 43.5 Å². The van der Waals surface area contributed by atoms with Crippen LogP contribution in [0.3, 0.4) is 0 Å². The van der Waals surface area contributed by atoms with Crippen LogP contribution in [0, 0.1) is 20.2 Å². The van der Waals surface area contributed by atoms with Gasteiger partial charge in [0, 0.05) is 18.2 Å². The summed E-state index contributed by atoms with van der Waals surface area (Å²) in [5.74, 6) is 0.294. The first-order valence-corrected chi connectivity index (χ1v) is 10.5. The predicted molar refractivity (Wildman–Crippen MR) is 125 cm³/mol. The molecule has 0 radical (unpaired) electrons. The van der Waals surface area contributed by atoms with Gasteiger partial charge in [-0.2, -0.15) is 0 Å². The van der Waals surface area contributed by atoms with Gasteiger partial charge in [0.05, 0.1) is 22.6 Å². The number of anilines is 1. The van der Waals surface area contributed by atoms with Gasteiger partial charge in [0.15, 0.2) is 5.11 Å². The Morgan fingerprint density at radius 3 is 2.42 bits per heavy atom. The van der Waals surface area contributed by atoms with Crippen molar-refractivity contribution < 1.29 is 14.6 Å². The van der Waals surface area contributed by atoms with E-state index in [2.05, 4.69) is 15.4 Å². The largest absolute Gasteiger partial charge is 0.495 e. The Labute approximate surface area is 201 Å². The molecule has 10 nitrogen and oxygen atoms in total. The minimum Gasteiger partial charge on any atom is -0.495 e. The topological polar surface area (TPSA) is 132 Å². The summed E-state index contributed by atoms with van der Waals surface area (Å²) in [5.41, 5.74) is -0.109. The molecular formula is C16H14Cl3N5O5S2. The van der Waals surface area contributed by atoms with Gasteiger partial charge < -0.3 is 15.4 Å². The van der Waals surface area contributed by atoms with Gasteiger partial charge in [0.2, 0.25) is 3.79 Å². The summed E-state index contributed by atoms with van der Waals surface area (Å²) in [4.78, 5) is 21.4. The van der Waals surface area contributed by atoms with Crippen LogP contribution < -0.4 is 20.1 Å². The van der Waals surface area contributed by atoms with Crippen LogP contribution in [0.25, 0.3) is 0 Å². The smallest absolute Gasteiger partial charge is 0.284 e. The highest BCUT2D eigenvalue weighted by Crippen LogP contribution is 2.33. The normalized spacial score (nSPS) is 12.0. The van der Waals surface area contributed by atoms with Crippen LogP contribution in [0.4, 0.5) is 17.1 Å². The van der Waals surface area contributed by atoms with E-state index in [-0.39, 0.29) is 27.1 Å². The van der Waals surface area contributed by atoms with Crippen LogP contribution in [0.1, 0.15) is 0 Å². The van der Waals surface area contributed by atoms with Crippen molar-refractivity contribution in [1.82, 2.24) is 10.0 Å². The average molecular weight is 527 g/mol. The van der Waals surface area contributed by atoms with Crippen molar-refractivity contribution in [2.45, 2.75) is 14.9 Å². The maximum atomic E-state index is 11.2. The molecule has 0 spiro atoms. The number of thiocarbonyl (C=S) groups is 1. The van der Waals surface area contributed by atoms with Crippen LogP contribution in [-0.4, -0.2) is 32.0 Å². The number of para-hydroxylation sites is 1. The molecule has 0 aliphatic carbocycles. The Kier molecular flexibility index (Phi) is 8.91.